The molecule has 3 aromatic rings. The van der Waals surface area contributed by atoms with Crippen molar-refractivity contribution >= 4 is 49.1 Å². The largest absolute Gasteiger partial charge is 0.806 e. The van der Waals surface area contributed by atoms with Crippen LogP contribution in [0.2, 0.25) is 0 Å². The zero-order valence-corrected chi connectivity index (χ0v) is 17.3. The predicted molar refractivity (Wildman–Crippen MR) is 100 cm³/mol. The Morgan fingerprint density at radius 1 is 0.917 bits per heavy atom. The molecular formula is C18H16NaO3PS+. The topological polar surface area (TPSA) is 35.5 Å². The molecule has 0 aliphatic rings. The van der Waals surface area contributed by atoms with E-state index in [1.165, 1.54) is 11.3 Å². The molecule has 0 N–H and O–H groups in total. The van der Waals surface area contributed by atoms with Gasteiger partial charge in [0.25, 0.3) is 0 Å². The van der Waals surface area contributed by atoms with Gasteiger partial charge >= 0.3 is 8.25 Å². The second-order valence-corrected chi connectivity index (χ2v) is 6.71. The predicted octanol–water partition coefficient (Wildman–Crippen LogP) is 5.71. The number of thiophene rings is 1. The van der Waals surface area contributed by atoms with Crippen LogP contribution in [0.15, 0.2) is 66.7 Å². The van der Waals surface area contributed by atoms with Crippen LogP contribution in [0.3, 0.4) is 0 Å². The normalized spacial score (nSPS) is 10.6. The number of rotatable bonds is 6. The Kier molecular flexibility index (Phi) is 7.47. The molecule has 1 unspecified atom stereocenters. The number of hydrogen-bond donors (Lipinski definition) is 0. The van der Waals surface area contributed by atoms with E-state index in [1.807, 2.05) is 67.6 Å². The number of para-hydroxylation sites is 1. The van der Waals surface area contributed by atoms with E-state index in [4.69, 9.17) is 9.05 Å². The molecular weight excluding hydrogens is 350 g/mol. The molecule has 1 aromatic heterocycles. The Morgan fingerprint density at radius 3 is 2.38 bits per heavy atom. The van der Waals surface area contributed by atoms with E-state index in [9.17, 15) is 4.57 Å². The summed E-state index contributed by atoms with van der Waals surface area (Å²) in [6.07, 6.45) is 0.816. The standard InChI is InChI=1S/C18H16O3PS.Na/c1-2-14-8-6-7-11-16(14)20-22(19)21-18-13-12-17(23-18)15-9-4-3-5-10-15;/h3-13H,2H2,1H3;/q+1;. The molecule has 0 bridgehead atoms. The molecule has 1 radical (unpaired) electrons. The number of hydrogen-bond acceptors (Lipinski definition) is 4. The van der Waals surface area contributed by atoms with Crippen molar-refractivity contribution in [2.45, 2.75) is 13.3 Å². The van der Waals surface area contributed by atoms with Gasteiger partial charge in [0.2, 0.25) is 5.06 Å². The minimum atomic E-state index is -2.25. The van der Waals surface area contributed by atoms with Gasteiger partial charge in [0.05, 0.1) is 0 Å². The summed E-state index contributed by atoms with van der Waals surface area (Å²) >= 11 is 1.45. The van der Waals surface area contributed by atoms with Crippen molar-refractivity contribution in [2.75, 3.05) is 0 Å². The van der Waals surface area contributed by atoms with Crippen molar-refractivity contribution in [1.29, 1.82) is 0 Å². The van der Waals surface area contributed by atoms with Gasteiger partial charge in [-0.1, -0.05) is 66.8 Å². The van der Waals surface area contributed by atoms with Crippen LogP contribution in [0.1, 0.15) is 12.5 Å². The van der Waals surface area contributed by atoms with Crippen molar-refractivity contribution < 1.29 is 13.6 Å². The van der Waals surface area contributed by atoms with Gasteiger partial charge in [-0.05, 0) is 30.2 Å². The van der Waals surface area contributed by atoms with E-state index >= 15 is 0 Å². The fourth-order valence-corrected chi connectivity index (χ4v) is 3.84. The second-order valence-electron chi connectivity index (χ2n) is 4.85. The first-order chi connectivity index (χ1) is 11.3. The van der Waals surface area contributed by atoms with Crippen LogP contribution in [0.25, 0.3) is 10.4 Å². The van der Waals surface area contributed by atoms with Gasteiger partial charge in [0.15, 0.2) is 5.75 Å². The van der Waals surface area contributed by atoms with Gasteiger partial charge in [-0.2, -0.15) is 0 Å². The van der Waals surface area contributed by atoms with E-state index in [-0.39, 0.29) is 29.6 Å². The third-order valence-electron chi connectivity index (χ3n) is 3.33. The molecule has 0 spiro atoms. The number of aryl methyl sites for hydroxylation is 1. The molecule has 1 heterocycles. The Bertz CT molecular complexity index is 805. The summed E-state index contributed by atoms with van der Waals surface area (Å²) in [4.78, 5) is 1.07. The molecule has 0 fully saturated rings. The molecule has 0 saturated carbocycles. The molecule has 117 valence electrons. The Balaban J connectivity index is 0.00000208. The third kappa shape index (κ3) is 4.92. The summed E-state index contributed by atoms with van der Waals surface area (Å²) in [5.74, 6) is 0.607. The molecule has 3 nitrogen and oxygen atoms in total. The summed E-state index contributed by atoms with van der Waals surface area (Å²) in [7, 11) is -2.25. The first-order valence-electron chi connectivity index (χ1n) is 7.32. The quantitative estimate of drug-likeness (QED) is 0.414. The summed E-state index contributed by atoms with van der Waals surface area (Å²) in [5, 5.41) is 0.582. The second kappa shape index (κ2) is 9.36. The summed E-state index contributed by atoms with van der Waals surface area (Å²) in [6.45, 7) is 2.03. The molecule has 6 heteroatoms. The van der Waals surface area contributed by atoms with Gasteiger partial charge in [-0.3, -0.25) is 0 Å². The van der Waals surface area contributed by atoms with E-state index in [0.717, 1.165) is 22.4 Å². The molecule has 3 rings (SSSR count). The smallest absolute Gasteiger partial charge is 0.222 e. The molecule has 24 heavy (non-hydrogen) atoms. The van der Waals surface area contributed by atoms with Crippen molar-refractivity contribution in [3.63, 3.8) is 0 Å². The summed E-state index contributed by atoms with van der Waals surface area (Å²) in [6, 6.07) is 21.3. The van der Waals surface area contributed by atoms with Crippen LogP contribution in [0.4, 0.5) is 0 Å². The van der Waals surface area contributed by atoms with Crippen molar-refractivity contribution in [2.24, 2.45) is 0 Å². The van der Waals surface area contributed by atoms with Crippen LogP contribution in [-0.2, 0) is 11.0 Å². The van der Waals surface area contributed by atoms with E-state index < -0.39 is 8.25 Å². The first-order valence-corrected chi connectivity index (χ1v) is 9.24. The summed E-state index contributed by atoms with van der Waals surface area (Å²) < 4.78 is 23.0. The third-order valence-corrected chi connectivity index (χ3v) is 5.16. The Labute approximate surface area is 168 Å². The SMILES string of the molecule is CCc1ccccc1O[P+](=O)Oc1ccc(-c2ccccc2)s1.[Na]. The first kappa shape index (κ1) is 19.2. The average molecular weight is 366 g/mol. The minimum absolute atomic E-state index is 0. The molecule has 1 atom stereocenters. The van der Waals surface area contributed by atoms with Gasteiger partial charge in [0.1, 0.15) is 0 Å². The Hall–Kier alpha value is -1.16. The molecule has 2 aromatic carbocycles. The van der Waals surface area contributed by atoms with Gasteiger partial charge in [0, 0.05) is 44.6 Å². The summed E-state index contributed by atoms with van der Waals surface area (Å²) in [5.41, 5.74) is 2.12. The molecule has 0 aliphatic carbocycles. The monoisotopic (exact) mass is 366 g/mol. The zero-order valence-electron chi connectivity index (χ0n) is 13.6. The van der Waals surface area contributed by atoms with E-state index in [0.29, 0.717) is 10.8 Å². The molecule has 0 aliphatic heterocycles. The van der Waals surface area contributed by atoms with Crippen molar-refractivity contribution in [3.8, 4) is 21.3 Å². The van der Waals surface area contributed by atoms with Crippen LogP contribution in [0, 0.1) is 0 Å². The maximum absolute atomic E-state index is 12.1. The number of benzene rings is 2. The minimum Gasteiger partial charge on any atom is -0.222 e. The fraction of sp³-hybridized carbons (Fsp3) is 0.111. The van der Waals surface area contributed by atoms with Crippen LogP contribution in [-0.4, -0.2) is 29.6 Å². The van der Waals surface area contributed by atoms with Gasteiger partial charge < -0.3 is 0 Å². The average Bonchev–Trinajstić information content (AvgIpc) is 3.04. The van der Waals surface area contributed by atoms with E-state index in [1.54, 1.807) is 6.07 Å². The van der Waals surface area contributed by atoms with Crippen LogP contribution < -0.4 is 9.05 Å². The van der Waals surface area contributed by atoms with Crippen LogP contribution in [0.5, 0.6) is 10.8 Å². The molecule has 0 saturated heterocycles. The van der Waals surface area contributed by atoms with Crippen molar-refractivity contribution in [1.82, 2.24) is 0 Å². The Morgan fingerprint density at radius 2 is 1.62 bits per heavy atom. The fourth-order valence-electron chi connectivity index (χ4n) is 2.18. The van der Waals surface area contributed by atoms with E-state index in [2.05, 4.69) is 0 Å². The van der Waals surface area contributed by atoms with Crippen LogP contribution >= 0.6 is 19.6 Å². The van der Waals surface area contributed by atoms with Crippen molar-refractivity contribution in [3.05, 3.63) is 72.3 Å². The maximum atomic E-state index is 12.1. The molecule has 0 amide bonds. The maximum Gasteiger partial charge on any atom is 0.806 e. The zero-order chi connectivity index (χ0) is 16.1. The van der Waals surface area contributed by atoms with Gasteiger partial charge in [-0.25, -0.2) is 9.05 Å². The van der Waals surface area contributed by atoms with Gasteiger partial charge in [-0.15, -0.1) is 0 Å².